The van der Waals surface area contributed by atoms with Gasteiger partial charge in [0, 0.05) is 18.5 Å². The van der Waals surface area contributed by atoms with E-state index in [1.54, 1.807) is 31.4 Å². The molecule has 1 amide bonds. The zero-order chi connectivity index (χ0) is 18.7. The maximum absolute atomic E-state index is 12.8. The van der Waals surface area contributed by atoms with Crippen molar-refractivity contribution in [2.45, 2.75) is 18.7 Å². The van der Waals surface area contributed by atoms with Crippen LogP contribution in [-0.2, 0) is 6.18 Å². The Kier molecular flexibility index (Phi) is 5.06. The third-order valence-electron chi connectivity index (χ3n) is 4.23. The molecule has 1 atom stereocenters. The van der Waals surface area contributed by atoms with Crippen LogP contribution < -0.4 is 9.47 Å². The van der Waals surface area contributed by atoms with E-state index in [0.29, 0.717) is 31.0 Å². The molecule has 26 heavy (non-hydrogen) atoms. The molecule has 2 aromatic carbocycles. The van der Waals surface area contributed by atoms with Crippen LogP contribution in [0, 0.1) is 0 Å². The predicted octanol–water partition coefficient (Wildman–Crippen LogP) is 4.01. The number of hydrogen-bond donors (Lipinski definition) is 0. The number of ether oxygens (including phenoxy) is 2. The first kappa shape index (κ1) is 18.1. The standard InChI is InChI=1S/C19H18F3NO3/c1-25-15-5-7-16(8-6-15)26-17-9-10-23(12-17)18(24)13-3-2-4-14(11-13)19(20,21)22/h2-8,11,17H,9-10,12H2,1H3. The van der Waals surface area contributed by atoms with Crippen LogP contribution in [0.25, 0.3) is 0 Å². The summed E-state index contributed by atoms with van der Waals surface area (Å²) in [5.41, 5.74) is -0.793. The Hall–Kier alpha value is -2.70. The summed E-state index contributed by atoms with van der Waals surface area (Å²) in [6, 6.07) is 11.6. The SMILES string of the molecule is COc1ccc(OC2CCN(C(=O)c3cccc(C(F)(F)F)c3)C2)cc1. The lowest BCUT2D eigenvalue weighted by atomic mass is 10.1. The maximum Gasteiger partial charge on any atom is 0.416 e. The van der Waals surface area contributed by atoms with Crippen LogP contribution in [-0.4, -0.2) is 37.1 Å². The third kappa shape index (κ3) is 4.09. The number of hydrogen-bond acceptors (Lipinski definition) is 3. The molecule has 0 radical (unpaired) electrons. The summed E-state index contributed by atoms with van der Waals surface area (Å²) >= 11 is 0. The number of rotatable bonds is 4. The Morgan fingerprint density at radius 2 is 1.81 bits per heavy atom. The number of alkyl halides is 3. The number of likely N-dealkylation sites (tertiary alicyclic amines) is 1. The molecule has 3 rings (SSSR count). The van der Waals surface area contributed by atoms with Crippen LogP contribution in [0.5, 0.6) is 11.5 Å². The fraction of sp³-hybridized carbons (Fsp3) is 0.316. The Morgan fingerprint density at radius 3 is 2.46 bits per heavy atom. The number of carbonyl (C=O) groups is 1. The van der Waals surface area contributed by atoms with E-state index in [1.165, 1.54) is 17.0 Å². The van der Waals surface area contributed by atoms with Crippen LogP contribution in [0.1, 0.15) is 22.3 Å². The number of halogens is 3. The van der Waals surface area contributed by atoms with Gasteiger partial charge in [0.2, 0.25) is 0 Å². The third-order valence-corrected chi connectivity index (χ3v) is 4.23. The van der Waals surface area contributed by atoms with E-state index in [0.717, 1.165) is 12.1 Å². The van der Waals surface area contributed by atoms with Crippen molar-refractivity contribution < 1.29 is 27.4 Å². The molecule has 138 valence electrons. The Bertz CT molecular complexity index is 774. The minimum absolute atomic E-state index is 0.0323. The molecule has 1 unspecified atom stereocenters. The van der Waals surface area contributed by atoms with Gasteiger partial charge in [0.1, 0.15) is 17.6 Å². The van der Waals surface area contributed by atoms with E-state index in [9.17, 15) is 18.0 Å². The number of amides is 1. The molecule has 1 saturated heterocycles. The van der Waals surface area contributed by atoms with Gasteiger partial charge in [-0.05, 0) is 42.5 Å². The molecule has 4 nitrogen and oxygen atoms in total. The van der Waals surface area contributed by atoms with E-state index < -0.39 is 17.6 Å². The molecule has 1 aliphatic rings. The second kappa shape index (κ2) is 7.27. The second-order valence-corrected chi connectivity index (χ2v) is 6.03. The highest BCUT2D eigenvalue weighted by Crippen LogP contribution is 2.30. The van der Waals surface area contributed by atoms with Crippen LogP contribution in [0.4, 0.5) is 13.2 Å². The normalized spacial score (nSPS) is 17.2. The number of carbonyl (C=O) groups excluding carboxylic acids is 1. The molecular formula is C19H18F3NO3. The van der Waals surface area contributed by atoms with Crippen LogP contribution in [0.3, 0.4) is 0 Å². The summed E-state index contributed by atoms with van der Waals surface area (Å²) in [5.74, 6) is 0.950. The summed E-state index contributed by atoms with van der Waals surface area (Å²) in [7, 11) is 1.57. The van der Waals surface area contributed by atoms with Crippen molar-refractivity contribution in [2.24, 2.45) is 0 Å². The van der Waals surface area contributed by atoms with Gasteiger partial charge in [0.15, 0.2) is 0 Å². The first-order valence-corrected chi connectivity index (χ1v) is 8.14. The molecule has 0 saturated carbocycles. The van der Waals surface area contributed by atoms with Gasteiger partial charge in [-0.2, -0.15) is 13.2 Å². The second-order valence-electron chi connectivity index (χ2n) is 6.03. The molecular weight excluding hydrogens is 347 g/mol. The number of nitrogens with zero attached hydrogens (tertiary/aromatic N) is 1. The summed E-state index contributed by atoms with van der Waals surface area (Å²) < 4.78 is 49.4. The molecule has 0 spiro atoms. The van der Waals surface area contributed by atoms with Crippen LogP contribution >= 0.6 is 0 Å². The van der Waals surface area contributed by atoms with Crippen molar-refractivity contribution in [3.8, 4) is 11.5 Å². The molecule has 1 aliphatic heterocycles. The summed E-state index contributed by atoms with van der Waals surface area (Å²) in [5, 5.41) is 0. The smallest absolute Gasteiger partial charge is 0.416 e. The number of benzene rings is 2. The fourth-order valence-corrected chi connectivity index (χ4v) is 2.87. The predicted molar refractivity (Wildman–Crippen MR) is 89.4 cm³/mol. The van der Waals surface area contributed by atoms with E-state index in [2.05, 4.69) is 0 Å². The minimum atomic E-state index is -4.47. The summed E-state index contributed by atoms with van der Waals surface area (Å²) in [6.45, 7) is 0.775. The van der Waals surface area contributed by atoms with Gasteiger partial charge in [-0.25, -0.2) is 0 Å². The van der Waals surface area contributed by atoms with E-state index in [-0.39, 0.29) is 11.7 Å². The van der Waals surface area contributed by atoms with Crippen molar-refractivity contribution in [3.63, 3.8) is 0 Å². The van der Waals surface area contributed by atoms with Crippen molar-refractivity contribution in [2.75, 3.05) is 20.2 Å². The van der Waals surface area contributed by atoms with E-state index in [4.69, 9.17) is 9.47 Å². The average Bonchev–Trinajstić information content (AvgIpc) is 3.09. The van der Waals surface area contributed by atoms with E-state index >= 15 is 0 Å². The lowest BCUT2D eigenvalue weighted by Crippen LogP contribution is -2.31. The first-order chi connectivity index (χ1) is 12.4. The van der Waals surface area contributed by atoms with Crippen molar-refractivity contribution in [1.82, 2.24) is 4.90 Å². The molecule has 7 heteroatoms. The van der Waals surface area contributed by atoms with Crippen molar-refractivity contribution in [1.29, 1.82) is 0 Å². The van der Waals surface area contributed by atoms with Crippen LogP contribution in [0.15, 0.2) is 48.5 Å². The Balaban J connectivity index is 1.63. The average molecular weight is 365 g/mol. The molecule has 1 heterocycles. The maximum atomic E-state index is 12.8. The highest BCUT2D eigenvalue weighted by molar-refractivity contribution is 5.94. The zero-order valence-corrected chi connectivity index (χ0v) is 14.1. The monoisotopic (exact) mass is 365 g/mol. The van der Waals surface area contributed by atoms with Gasteiger partial charge >= 0.3 is 6.18 Å². The molecule has 0 aliphatic carbocycles. The van der Waals surface area contributed by atoms with Gasteiger partial charge in [0.25, 0.3) is 5.91 Å². The molecule has 0 bridgehead atoms. The van der Waals surface area contributed by atoms with Gasteiger partial charge in [0.05, 0.1) is 19.2 Å². The minimum Gasteiger partial charge on any atom is -0.497 e. The van der Waals surface area contributed by atoms with Gasteiger partial charge in [-0.1, -0.05) is 6.07 Å². The van der Waals surface area contributed by atoms with Gasteiger partial charge in [-0.3, -0.25) is 4.79 Å². The number of methoxy groups -OCH3 is 1. The van der Waals surface area contributed by atoms with Crippen molar-refractivity contribution >= 4 is 5.91 Å². The van der Waals surface area contributed by atoms with Crippen LogP contribution in [0.2, 0.25) is 0 Å². The van der Waals surface area contributed by atoms with Gasteiger partial charge < -0.3 is 14.4 Å². The van der Waals surface area contributed by atoms with Crippen molar-refractivity contribution in [3.05, 3.63) is 59.7 Å². The first-order valence-electron chi connectivity index (χ1n) is 8.14. The largest absolute Gasteiger partial charge is 0.497 e. The summed E-state index contributed by atoms with van der Waals surface area (Å²) in [6.07, 6.45) is -4.05. The quantitative estimate of drug-likeness (QED) is 0.822. The highest BCUT2D eigenvalue weighted by atomic mass is 19.4. The van der Waals surface area contributed by atoms with E-state index in [1.807, 2.05) is 0 Å². The fourth-order valence-electron chi connectivity index (χ4n) is 2.87. The molecule has 2 aromatic rings. The zero-order valence-electron chi connectivity index (χ0n) is 14.1. The molecule has 1 fully saturated rings. The Labute approximate surface area is 149 Å². The van der Waals surface area contributed by atoms with Gasteiger partial charge in [-0.15, -0.1) is 0 Å². The molecule has 0 N–H and O–H groups in total. The summed E-state index contributed by atoms with van der Waals surface area (Å²) in [4.78, 5) is 14.0. The topological polar surface area (TPSA) is 38.8 Å². The highest BCUT2D eigenvalue weighted by Gasteiger charge is 2.33. The molecule has 0 aromatic heterocycles. The lowest BCUT2D eigenvalue weighted by Gasteiger charge is -2.18. The lowest BCUT2D eigenvalue weighted by molar-refractivity contribution is -0.137. The Morgan fingerprint density at radius 1 is 1.12 bits per heavy atom.